The molecule has 1 aromatic rings. The van der Waals surface area contributed by atoms with Gasteiger partial charge in [-0.2, -0.15) is 13.2 Å². The van der Waals surface area contributed by atoms with Crippen LogP contribution in [0.2, 0.25) is 0 Å². The van der Waals surface area contributed by atoms with Crippen molar-refractivity contribution in [2.75, 3.05) is 20.1 Å². The number of rotatable bonds is 4. The fraction of sp³-hybridized carbons (Fsp3) is 0.571. The van der Waals surface area contributed by atoms with Crippen LogP contribution in [0.3, 0.4) is 0 Å². The highest BCUT2D eigenvalue weighted by atomic mass is 19.4. The topological polar surface area (TPSA) is 87.2 Å². The number of likely N-dealkylation sites (N-methyl/N-ethyl adjacent to an activating group) is 1. The van der Waals surface area contributed by atoms with Crippen LogP contribution in [0.5, 0.6) is 0 Å². The van der Waals surface area contributed by atoms with E-state index in [2.05, 4.69) is 20.6 Å². The van der Waals surface area contributed by atoms with Crippen molar-refractivity contribution in [2.45, 2.75) is 32.1 Å². The third-order valence-corrected chi connectivity index (χ3v) is 3.61. The van der Waals surface area contributed by atoms with Crippen LogP contribution in [-0.2, 0) is 22.3 Å². The minimum atomic E-state index is -4.57. The van der Waals surface area contributed by atoms with Gasteiger partial charge in [-0.05, 0) is 20.0 Å². The molecule has 1 aliphatic rings. The van der Waals surface area contributed by atoms with Crippen molar-refractivity contribution in [1.82, 2.24) is 25.5 Å². The Bertz CT molecular complexity index is 635. The summed E-state index contributed by atoms with van der Waals surface area (Å²) in [5.41, 5.74) is -0.890. The van der Waals surface area contributed by atoms with E-state index in [1.807, 2.05) is 0 Å². The number of hydrogen-bond acceptors (Lipinski definition) is 5. The van der Waals surface area contributed by atoms with Crippen LogP contribution in [0, 0.1) is 6.92 Å². The molecule has 0 radical (unpaired) electrons. The van der Waals surface area contributed by atoms with E-state index in [1.54, 1.807) is 11.9 Å². The van der Waals surface area contributed by atoms with Gasteiger partial charge in [0.15, 0.2) is 0 Å². The van der Waals surface area contributed by atoms with Crippen molar-refractivity contribution in [3.8, 4) is 0 Å². The van der Waals surface area contributed by atoms with E-state index in [-0.39, 0.29) is 30.4 Å². The fourth-order valence-corrected chi connectivity index (χ4v) is 2.36. The van der Waals surface area contributed by atoms with Gasteiger partial charge in [-0.25, -0.2) is 9.97 Å². The summed E-state index contributed by atoms with van der Waals surface area (Å²) in [7, 11) is 1.73. The number of carbonyl (C=O) groups excluding carboxylic acids is 2. The van der Waals surface area contributed by atoms with Gasteiger partial charge in [0, 0.05) is 18.8 Å². The van der Waals surface area contributed by atoms with Crippen LogP contribution in [0.4, 0.5) is 13.2 Å². The smallest absolute Gasteiger partial charge is 0.353 e. The molecule has 7 nitrogen and oxygen atoms in total. The number of aryl methyl sites for hydroxylation is 1. The molecular formula is C14H18F3N5O2. The molecule has 2 N–H and O–H groups in total. The van der Waals surface area contributed by atoms with Gasteiger partial charge in [-0.1, -0.05) is 0 Å². The average Bonchev–Trinajstić information content (AvgIpc) is 2.48. The predicted octanol–water partition coefficient (Wildman–Crippen LogP) is 0.240. The zero-order valence-electron chi connectivity index (χ0n) is 13.3. The molecule has 24 heavy (non-hydrogen) atoms. The molecule has 0 aliphatic carbocycles. The van der Waals surface area contributed by atoms with E-state index in [1.165, 1.54) is 6.92 Å². The summed E-state index contributed by atoms with van der Waals surface area (Å²) in [5.74, 6) is -0.829. The largest absolute Gasteiger partial charge is 0.433 e. The zero-order valence-corrected chi connectivity index (χ0v) is 13.3. The second kappa shape index (κ2) is 7.12. The summed E-state index contributed by atoms with van der Waals surface area (Å²) in [5, 5.41) is 5.12. The number of amides is 2. The van der Waals surface area contributed by atoms with Crippen LogP contribution < -0.4 is 10.6 Å². The molecule has 0 unspecified atom stereocenters. The minimum Gasteiger partial charge on any atom is -0.353 e. The molecule has 1 fully saturated rings. The Morgan fingerprint density at radius 3 is 2.79 bits per heavy atom. The Kier molecular flexibility index (Phi) is 5.37. The minimum absolute atomic E-state index is 0.0831. The Balaban J connectivity index is 1.96. The van der Waals surface area contributed by atoms with Crippen molar-refractivity contribution in [3.63, 3.8) is 0 Å². The standard InChI is InChI=1S/C14H18F3N5O2/c1-8-5-10(14(15,16)17)21-11(20-8)7-19-12(23)6-9-13(24)18-3-4-22(9)2/h5,9H,3-4,6-7H2,1-2H3,(H,18,24)(H,19,23)/t9-/m1/s1. The van der Waals surface area contributed by atoms with Gasteiger partial charge >= 0.3 is 6.18 Å². The van der Waals surface area contributed by atoms with Gasteiger partial charge in [0.1, 0.15) is 11.5 Å². The van der Waals surface area contributed by atoms with Gasteiger partial charge < -0.3 is 10.6 Å². The average molecular weight is 345 g/mol. The summed E-state index contributed by atoms with van der Waals surface area (Å²) in [6, 6.07) is 0.245. The lowest BCUT2D eigenvalue weighted by Crippen LogP contribution is -2.54. The highest BCUT2D eigenvalue weighted by Crippen LogP contribution is 2.27. The highest BCUT2D eigenvalue weighted by molar-refractivity contribution is 5.88. The van der Waals surface area contributed by atoms with Crippen LogP contribution in [0.25, 0.3) is 0 Å². The number of alkyl halides is 3. The molecule has 0 spiro atoms. The second-order valence-corrected chi connectivity index (χ2v) is 5.58. The SMILES string of the molecule is Cc1cc(C(F)(F)F)nc(CNC(=O)C[C@@H]2C(=O)NCCN2C)n1. The zero-order chi connectivity index (χ0) is 17.9. The molecule has 0 aromatic carbocycles. The van der Waals surface area contributed by atoms with Gasteiger partial charge in [-0.15, -0.1) is 0 Å². The van der Waals surface area contributed by atoms with Crippen molar-refractivity contribution in [2.24, 2.45) is 0 Å². The van der Waals surface area contributed by atoms with Crippen LogP contribution in [0.1, 0.15) is 23.6 Å². The molecule has 2 amide bonds. The summed E-state index contributed by atoms with van der Waals surface area (Å²) in [6.45, 7) is 2.33. The molecular weight excluding hydrogens is 327 g/mol. The first-order chi connectivity index (χ1) is 11.2. The summed E-state index contributed by atoms with van der Waals surface area (Å²) in [6.07, 6.45) is -4.66. The number of nitrogens with one attached hydrogen (secondary N) is 2. The van der Waals surface area contributed by atoms with Gasteiger partial charge in [-0.3, -0.25) is 14.5 Å². The van der Waals surface area contributed by atoms with Gasteiger partial charge in [0.2, 0.25) is 11.8 Å². The lowest BCUT2D eigenvalue weighted by molar-refractivity contribution is -0.141. The number of aromatic nitrogens is 2. The Morgan fingerprint density at radius 2 is 2.17 bits per heavy atom. The maximum atomic E-state index is 12.7. The summed E-state index contributed by atoms with van der Waals surface area (Å²) in [4.78, 5) is 32.7. The van der Waals surface area contributed by atoms with Crippen LogP contribution in [0.15, 0.2) is 6.07 Å². The van der Waals surface area contributed by atoms with Gasteiger partial charge in [0.05, 0.1) is 19.0 Å². The lowest BCUT2D eigenvalue weighted by atomic mass is 10.1. The van der Waals surface area contributed by atoms with Gasteiger partial charge in [0.25, 0.3) is 0 Å². The molecule has 2 heterocycles. The first kappa shape index (κ1) is 18.1. The lowest BCUT2D eigenvalue weighted by Gasteiger charge is -2.31. The van der Waals surface area contributed by atoms with Crippen molar-refractivity contribution in [1.29, 1.82) is 0 Å². The number of halogens is 3. The number of hydrogen-bond donors (Lipinski definition) is 2. The van der Waals surface area contributed by atoms with E-state index in [0.717, 1.165) is 6.07 Å². The molecule has 0 bridgehead atoms. The van der Waals surface area contributed by atoms with Crippen molar-refractivity contribution < 1.29 is 22.8 Å². The van der Waals surface area contributed by atoms with E-state index in [9.17, 15) is 22.8 Å². The molecule has 1 atom stereocenters. The third-order valence-electron chi connectivity index (χ3n) is 3.61. The summed E-state index contributed by atoms with van der Waals surface area (Å²) < 4.78 is 38.1. The predicted molar refractivity (Wildman–Crippen MR) is 77.7 cm³/mol. The molecule has 132 valence electrons. The Morgan fingerprint density at radius 1 is 1.46 bits per heavy atom. The molecule has 2 rings (SSSR count). The fourth-order valence-electron chi connectivity index (χ4n) is 2.36. The molecule has 1 saturated heterocycles. The molecule has 1 aliphatic heterocycles. The monoisotopic (exact) mass is 345 g/mol. The first-order valence-electron chi connectivity index (χ1n) is 7.33. The first-order valence-corrected chi connectivity index (χ1v) is 7.33. The molecule has 1 aromatic heterocycles. The van der Waals surface area contributed by atoms with E-state index >= 15 is 0 Å². The van der Waals surface area contributed by atoms with E-state index in [4.69, 9.17) is 0 Å². The third kappa shape index (κ3) is 4.63. The van der Waals surface area contributed by atoms with Crippen molar-refractivity contribution >= 4 is 11.8 Å². The number of carbonyl (C=O) groups is 2. The number of piperazine rings is 1. The van der Waals surface area contributed by atoms with Crippen LogP contribution in [-0.4, -0.2) is 52.9 Å². The maximum Gasteiger partial charge on any atom is 0.433 e. The van der Waals surface area contributed by atoms with E-state index in [0.29, 0.717) is 13.1 Å². The normalized spacial score (nSPS) is 19.0. The van der Waals surface area contributed by atoms with E-state index < -0.39 is 23.8 Å². The second-order valence-electron chi connectivity index (χ2n) is 5.58. The maximum absolute atomic E-state index is 12.7. The quantitative estimate of drug-likeness (QED) is 0.816. The highest BCUT2D eigenvalue weighted by Gasteiger charge is 2.33. The molecule has 10 heteroatoms. The van der Waals surface area contributed by atoms with Crippen LogP contribution >= 0.6 is 0 Å². The Labute approximate surface area is 136 Å². The Hall–Kier alpha value is -2.23. The molecule has 0 saturated carbocycles. The van der Waals surface area contributed by atoms with Crippen molar-refractivity contribution in [3.05, 3.63) is 23.3 Å². The number of nitrogens with zero attached hydrogens (tertiary/aromatic N) is 3. The summed E-state index contributed by atoms with van der Waals surface area (Å²) >= 11 is 0.